The maximum atomic E-state index is 13.1. The van der Waals surface area contributed by atoms with E-state index in [4.69, 9.17) is 0 Å². The predicted octanol–water partition coefficient (Wildman–Crippen LogP) is 0.910. The fourth-order valence-electron chi connectivity index (χ4n) is 2.86. The summed E-state index contributed by atoms with van der Waals surface area (Å²) in [6.45, 7) is 0.465. The van der Waals surface area contributed by atoms with E-state index in [-0.39, 0.29) is 31.3 Å². The number of amides is 2. The molecule has 1 saturated heterocycles. The molecular weight excluding hydrogens is 347 g/mol. The summed E-state index contributed by atoms with van der Waals surface area (Å²) in [6, 6.07) is 5.72. The van der Waals surface area contributed by atoms with E-state index in [1.165, 1.54) is 29.4 Å². The third-order valence-electron chi connectivity index (χ3n) is 4.28. The van der Waals surface area contributed by atoms with Crippen LogP contribution in [0.4, 0.5) is 4.39 Å². The van der Waals surface area contributed by atoms with Gasteiger partial charge >= 0.3 is 0 Å². The third kappa shape index (κ3) is 6.12. The van der Waals surface area contributed by atoms with Crippen molar-refractivity contribution in [3.63, 3.8) is 0 Å². The number of halogens is 1. The van der Waals surface area contributed by atoms with Gasteiger partial charge in [-0.15, -0.1) is 0 Å². The molecule has 6 nitrogen and oxygen atoms in total. The van der Waals surface area contributed by atoms with E-state index >= 15 is 0 Å². The van der Waals surface area contributed by atoms with Crippen LogP contribution in [0.5, 0.6) is 0 Å². The lowest BCUT2D eigenvalue weighted by Gasteiger charge is -2.23. The number of nitrogens with one attached hydrogen (secondary N) is 1. The Morgan fingerprint density at radius 1 is 1.32 bits per heavy atom. The summed E-state index contributed by atoms with van der Waals surface area (Å²) in [5.41, 5.74) is 0.525. The molecule has 0 radical (unpaired) electrons. The highest BCUT2D eigenvalue weighted by atomic mass is 32.2. The van der Waals surface area contributed by atoms with Crippen LogP contribution in [0.3, 0.4) is 0 Å². The number of carbonyl (C=O) groups is 2. The number of hydrogen-bond donors (Lipinski definition) is 1. The maximum Gasteiger partial charge on any atom is 0.242 e. The second kappa shape index (κ2) is 8.42. The van der Waals surface area contributed by atoms with Crippen LogP contribution in [0.2, 0.25) is 0 Å². The Labute approximate surface area is 147 Å². The van der Waals surface area contributed by atoms with Gasteiger partial charge in [0.25, 0.3) is 0 Å². The number of hydrogen-bond acceptors (Lipinski definition) is 4. The van der Waals surface area contributed by atoms with Crippen LogP contribution in [0.25, 0.3) is 0 Å². The van der Waals surface area contributed by atoms with Crippen LogP contribution in [-0.4, -0.2) is 56.3 Å². The molecule has 1 heterocycles. The second-order valence-electron chi connectivity index (χ2n) is 6.37. The topological polar surface area (TPSA) is 83.6 Å². The molecular formula is C17H23FN2O4S. The standard InChI is InChI=1S/C17H23FN2O4S/c1-25(23,24)15-7-2-3-8-20(12-15)17(22)11-19-16(21)10-13-5-4-6-14(18)9-13/h4-6,9,15H,2-3,7-8,10-12H2,1H3,(H,19,21)/t15-/m1/s1. The number of sulfone groups is 1. The molecule has 25 heavy (non-hydrogen) atoms. The van der Waals surface area contributed by atoms with Crippen LogP contribution >= 0.6 is 0 Å². The first-order valence-electron chi connectivity index (χ1n) is 8.23. The molecule has 0 aromatic heterocycles. The highest BCUT2D eigenvalue weighted by Crippen LogP contribution is 2.16. The van der Waals surface area contributed by atoms with Crippen LogP contribution in [0.1, 0.15) is 24.8 Å². The largest absolute Gasteiger partial charge is 0.347 e. The molecule has 8 heteroatoms. The molecule has 2 rings (SSSR count). The number of benzene rings is 1. The molecule has 0 spiro atoms. The van der Waals surface area contributed by atoms with Crippen LogP contribution < -0.4 is 5.32 Å². The highest BCUT2D eigenvalue weighted by molar-refractivity contribution is 7.91. The van der Waals surface area contributed by atoms with Gasteiger partial charge in [0.05, 0.1) is 18.2 Å². The Morgan fingerprint density at radius 3 is 2.76 bits per heavy atom. The van der Waals surface area contributed by atoms with E-state index in [1.54, 1.807) is 6.07 Å². The van der Waals surface area contributed by atoms with E-state index in [0.29, 0.717) is 18.5 Å². The summed E-state index contributed by atoms with van der Waals surface area (Å²) in [6.07, 6.45) is 3.22. The SMILES string of the molecule is CS(=O)(=O)[C@@H]1CCCCN(C(=O)CNC(=O)Cc2cccc(F)c2)C1. The summed E-state index contributed by atoms with van der Waals surface area (Å²) in [7, 11) is -3.21. The molecule has 1 N–H and O–H groups in total. The Morgan fingerprint density at radius 2 is 2.08 bits per heavy atom. The van der Waals surface area contributed by atoms with Gasteiger partial charge in [0, 0.05) is 19.3 Å². The Bertz CT molecular complexity index is 736. The lowest BCUT2D eigenvalue weighted by Crippen LogP contribution is -2.44. The number of carbonyl (C=O) groups excluding carboxylic acids is 2. The smallest absolute Gasteiger partial charge is 0.242 e. The lowest BCUT2D eigenvalue weighted by molar-refractivity contribution is -0.132. The molecule has 2 amide bonds. The van der Waals surface area contributed by atoms with E-state index in [0.717, 1.165) is 12.8 Å². The molecule has 1 aliphatic heterocycles. The molecule has 0 unspecified atom stereocenters. The number of nitrogens with zero attached hydrogens (tertiary/aromatic N) is 1. The molecule has 0 saturated carbocycles. The third-order valence-corrected chi connectivity index (χ3v) is 5.87. The van der Waals surface area contributed by atoms with Gasteiger partial charge in [-0.05, 0) is 30.5 Å². The minimum atomic E-state index is -3.21. The second-order valence-corrected chi connectivity index (χ2v) is 8.70. The molecule has 1 aliphatic rings. The average molecular weight is 370 g/mol. The highest BCUT2D eigenvalue weighted by Gasteiger charge is 2.28. The summed E-state index contributed by atoms with van der Waals surface area (Å²) in [5.74, 6) is -1.10. The Balaban J connectivity index is 1.87. The van der Waals surface area contributed by atoms with Crippen molar-refractivity contribution in [1.82, 2.24) is 10.2 Å². The van der Waals surface area contributed by atoms with Gasteiger partial charge in [-0.1, -0.05) is 18.6 Å². The van der Waals surface area contributed by atoms with Gasteiger partial charge in [0.1, 0.15) is 5.82 Å². The predicted molar refractivity (Wildman–Crippen MR) is 92.2 cm³/mol. The summed E-state index contributed by atoms with van der Waals surface area (Å²) in [4.78, 5) is 25.7. The molecule has 1 fully saturated rings. The first kappa shape index (κ1) is 19.4. The molecule has 1 aromatic rings. The van der Waals surface area contributed by atoms with Crippen molar-refractivity contribution in [2.24, 2.45) is 0 Å². The Hall–Kier alpha value is -1.96. The van der Waals surface area contributed by atoms with Gasteiger partial charge < -0.3 is 10.2 Å². The minimum Gasteiger partial charge on any atom is -0.347 e. The van der Waals surface area contributed by atoms with E-state index in [9.17, 15) is 22.4 Å². The number of likely N-dealkylation sites (tertiary alicyclic amines) is 1. The zero-order valence-corrected chi connectivity index (χ0v) is 15.0. The van der Waals surface area contributed by atoms with Crippen LogP contribution in [-0.2, 0) is 25.8 Å². The molecule has 1 aromatic carbocycles. The summed E-state index contributed by atoms with van der Waals surface area (Å²) in [5, 5.41) is 1.97. The maximum absolute atomic E-state index is 13.1. The first-order chi connectivity index (χ1) is 11.8. The van der Waals surface area contributed by atoms with Crippen molar-refractivity contribution in [3.05, 3.63) is 35.6 Å². The summed E-state index contributed by atoms with van der Waals surface area (Å²) < 4.78 is 36.6. The van der Waals surface area contributed by atoms with Gasteiger partial charge in [0.15, 0.2) is 9.84 Å². The normalized spacial score (nSPS) is 18.5. The molecule has 0 bridgehead atoms. The van der Waals surface area contributed by atoms with Gasteiger partial charge in [-0.2, -0.15) is 0 Å². The van der Waals surface area contributed by atoms with Crippen molar-refractivity contribution >= 4 is 21.7 Å². The zero-order valence-electron chi connectivity index (χ0n) is 14.2. The van der Waals surface area contributed by atoms with Crippen molar-refractivity contribution in [2.75, 3.05) is 25.9 Å². The van der Waals surface area contributed by atoms with Gasteiger partial charge in [0.2, 0.25) is 11.8 Å². The van der Waals surface area contributed by atoms with Crippen molar-refractivity contribution < 1.29 is 22.4 Å². The van der Waals surface area contributed by atoms with Gasteiger partial charge in [-0.25, -0.2) is 12.8 Å². The minimum absolute atomic E-state index is 0.0169. The van der Waals surface area contributed by atoms with Crippen LogP contribution in [0, 0.1) is 5.82 Å². The number of rotatable bonds is 5. The monoisotopic (exact) mass is 370 g/mol. The summed E-state index contributed by atoms with van der Waals surface area (Å²) >= 11 is 0. The van der Waals surface area contributed by atoms with Crippen LogP contribution in [0.15, 0.2) is 24.3 Å². The quantitative estimate of drug-likeness (QED) is 0.835. The van der Waals surface area contributed by atoms with Crippen molar-refractivity contribution in [3.8, 4) is 0 Å². The Kier molecular flexibility index (Phi) is 6.52. The van der Waals surface area contributed by atoms with Crippen molar-refractivity contribution in [1.29, 1.82) is 0 Å². The first-order valence-corrected chi connectivity index (χ1v) is 10.2. The van der Waals surface area contributed by atoms with Crippen molar-refractivity contribution in [2.45, 2.75) is 30.9 Å². The van der Waals surface area contributed by atoms with E-state index < -0.39 is 20.9 Å². The van der Waals surface area contributed by atoms with E-state index in [1.807, 2.05) is 0 Å². The molecule has 138 valence electrons. The fourth-order valence-corrected chi connectivity index (χ4v) is 3.91. The molecule has 0 aliphatic carbocycles. The lowest BCUT2D eigenvalue weighted by atomic mass is 10.1. The molecule has 1 atom stereocenters. The van der Waals surface area contributed by atoms with Gasteiger partial charge in [-0.3, -0.25) is 9.59 Å². The zero-order chi connectivity index (χ0) is 18.4. The average Bonchev–Trinajstić information content (AvgIpc) is 2.78. The fraction of sp³-hybridized carbons (Fsp3) is 0.529. The van der Waals surface area contributed by atoms with E-state index in [2.05, 4.69) is 5.32 Å².